The van der Waals surface area contributed by atoms with E-state index in [1.54, 1.807) is 0 Å². The molecule has 1 aromatic heterocycles. The van der Waals surface area contributed by atoms with Gasteiger partial charge in [-0.2, -0.15) is 9.90 Å². The maximum Gasteiger partial charge on any atom is 0.273 e. The van der Waals surface area contributed by atoms with Crippen LogP contribution in [0.1, 0.15) is 50.5 Å². The molecule has 5 heteroatoms. The number of benzene rings is 1. The van der Waals surface area contributed by atoms with Crippen molar-refractivity contribution in [3.05, 3.63) is 42.2 Å². The molecule has 5 nitrogen and oxygen atoms in total. The first-order valence-corrected chi connectivity index (χ1v) is 7.85. The van der Waals surface area contributed by atoms with Gasteiger partial charge in [0, 0.05) is 6.04 Å². The number of amides is 1. The Morgan fingerprint density at radius 1 is 1.18 bits per heavy atom. The molecule has 0 fully saturated rings. The van der Waals surface area contributed by atoms with E-state index in [2.05, 4.69) is 29.4 Å². The summed E-state index contributed by atoms with van der Waals surface area (Å²) < 4.78 is 0. The maximum atomic E-state index is 12.2. The standard InChI is InChI=1S/C17H24N4O/c1-13(2)8-7-9-14(3)19-17(22)16-12-18-21(20-16)15-10-5-4-6-11-15/h4-6,10-14H,7-9H2,1-3H3,(H,19,22)/t14-/m1/s1. The highest BCUT2D eigenvalue weighted by Crippen LogP contribution is 2.09. The molecule has 0 aliphatic rings. The van der Waals surface area contributed by atoms with Crippen molar-refractivity contribution in [1.29, 1.82) is 0 Å². The molecule has 1 N–H and O–H groups in total. The van der Waals surface area contributed by atoms with Gasteiger partial charge in [0.05, 0.1) is 11.9 Å². The van der Waals surface area contributed by atoms with E-state index in [1.807, 2.05) is 37.3 Å². The Hall–Kier alpha value is -2.17. The first kappa shape index (κ1) is 16.2. The average molecular weight is 300 g/mol. The summed E-state index contributed by atoms with van der Waals surface area (Å²) in [6.45, 7) is 6.45. The summed E-state index contributed by atoms with van der Waals surface area (Å²) in [5, 5.41) is 11.4. The van der Waals surface area contributed by atoms with Crippen molar-refractivity contribution in [3.63, 3.8) is 0 Å². The van der Waals surface area contributed by atoms with E-state index in [0.29, 0.717) is 11.6 Å². The molecule has 1 aromatic carbocycles. The summed E-state index contributed by atoms with van der Waals surface area (Å²) in [6.07, 6.45) is 4.79. The van der Waals surface area contributed by atoms with E-state index in [0.717, 1.165) is 18.5 Å². The fourth-order valence-corrected chi connectivity index (χ4v) is 2.26. The second-order valence-electron chi connectivity index (χ2n) is 6.05. The Labute approximate surface area is 131 Å². The maximum absolute atomic E-state index is 12.2. The van der Waals surface area contributed by atoms with Gasteiger partial charge < -0.3 is 5.32 Å². The lowest BCUT2D eigenvalue weighted by Gasteiger charge is -2.13. The van der Waals surface area contributed by atoms with E-state index >= 15 is 0 Å². The van der Waals surface area contributed by atoms with E-state index < -0.39 is 0 Å². The smallest absolute Gasteiger partial charge is 0.273 e. The number of nitrogens with zero attached hydrogens (tertiary/aromatic N) is 3. The third-order valence-electron chi connectivity index (χ3n) is 3.51. The van der Waals surface area contributed by atoms with Crippen LogP contribution < -0.4 is 5.32 Å². The average Bonchev–Trinajstić information content (AvgIpc) is 2.97. The molecule has 0 spiro atoms. The molecule has 0 saturated heterocycles. The molecule has 2 rings (SSSR count). The van der Waals surface area contributed by atoms with E-state index in [1.165, 1.54) is 17.4 Å². The van der Waals surface area contributed by atoms with Crippen LogP contribution in [0, 0.1) is 5.92 Å². The van der Waals surface area contributed by atoms with Crippen LogP contribution in [-0.2, 0) is 0 Å². The minimum atomic E-state index is -0.167. The Morgan fingerprint density at radius 2 is 1.91 bits per heavy atom. The van der Waals surface area contributed by atoms with Crippen LogP contribution in [0.15, 0.2) is 36.5 Å². The molecular formula is C17H24N4O. The van der Waals surface area contributed by atoms with Gasteiger partial charge in [0.25, 0.3) is 5.91 Å². The summed E-state index contributed by atoms with van der Waals surface area (Å²) in [6, 6.07) is 9.70. The highest BCUT2D eigenvalue weighted by molar-refractivity contribution is 5.92. The van der Waals surface area contributed by atoms with Crippen LogP contribution >= 0.6 is 0 Å². The molecule has 2 aromatic rings. The minimum absolute atomic E-state index is 0.146. The molecule has 1 heterocycles. The fourth-order valence-electron chi connectivity index (χ4n) is 2.26. The zero-order chi connectivity index (χ0) is 15.9. The van der Waals surface area contributed by atoms with Crippen LogP contribution in [0.25, 0.3) is 5.69 Å². The minimum Gasteiger partial charge on any atom is -0.348 e. The molecule has 0 aliphatic carbocycles. The van der Waals surface area contributed by atoms with Crippen molar-refractivity contribution >= 4 is 5.91 Å². The van der Waals surface area contributed by atoms with Gasteiger partial charge in [-0.05, 0) is 31.4 Å². The number of rotatable bonds is 7. The van der Waals surface area contributed by atoms with Gasteiger partial charge in [0.15, 0.2) is 5.69 Å². The van der Waals surface area contributed by atoms with Gasteiger partial charge in [-0.3, -0.25) is 4.79 Å². The normalized spacial score (nSPS) is 12.4. The Kier molecular flexibility index (Phi) is 5.69. The molecule has 0 aliphatic heterocycles. The molecule has 0 bridgehead atoms. The molecule has 1 amide bonds. The molecule has 0 unspecified atom stereocenters. The number of aromatic nitrogens is 3. The lowest BCUT2D eigenvalue weighted by Crippen LogP contribution is -2.32. The quantitative estimate of drug-likeness (QED) is 0.854. The third kappa shape index (κ3) is 4.69. The number of hydrogen-bond acceptors (Lipinski definition) is 3. The van der Waals surface area contributed by atoms with Crippen molar-refractivity contribution in [2.24, 2.45) is 5.92 Å². The van der Waals surface area contributed by atoms with E-state index in [4.69, 9.17) is 0 Å². The Morgan fingerprint density at radius 3 is 2.59 bits per heavy atom. The second-order valence-corrected chi connectivity index (χ2v) is 6.05. The van der Waals surface area contributed by atoms with Crippen molar-refractivity contribution < 1.29 is 4.79 Å². The molecule has 118 valence electrons. The zero-order valence-corrected chi connectivity index (χ0v) is 13.5. The summed E-state index contributed by atoms with van der Waals surface area (Å²) in [5.41, 5.74) is 1.19. The number of nitrogens with one attached hydrogen (secondary N) is 1. The molecule has 1 atom stereocenters. The van der Waals surface area contributed by atoms with Crippen LogP contribution in [0.5, 0.6) is 0 Å². The third-order valence-corrected chi connectivity index (χ3v) is 3.51. The SMILES string of the molecule is CC(C)CCC[C@@H](C)NC(=O)c1cnn(-c2ccccc2)n1. The van der Waals surface area contributed by atoms with Crippen molar-refractivity contribution in [2.75, 3.05) is 0 Å². The van der Waals surface area contributed by atoms with Crippen molar-refractivity contribution in [2.45, 2.75) is 46.1 Å². The largest absolute Gasteiger partial charge is 0.348 e. The van der Waals surface area contributed by atoms with Gasteiger partial charge in [0.2, 0.25) is 0 Å². The van der Waals surface area contributed by atoms with Crippen LogP contribution in [0.3, 0.4) is 0 Å². The molecule has 0 radical (unpaired) electrons. The predicted molar refractivity (Wildman–Crippen MR) is 87.0 cm³/mol. The van der Waals surface area contributed by atoms with Crippen molar-refractivity contribution in [1.82, 2.24) is 20.3 Å². The van der Waals surface area contributed by atoms with E-state index in [-0.39, 0.29) is 11.9 Å². The second kappa shape index (κ2) is 7.73. The van der Waals surface area contributed by atoms with Gasteiger partial charge in [0.1, 0.15) is 0 Å². The van der Waals surface area contributed by atoms with Gasteiger partial charge in [-0.1, -0.05) is 44.9 Å². The lowest BCUT2D eigenvalue weighted by atomic mass is 10.0. The summed E-state index contributed by atoms with van der Waals surface area (Å²) in [7, 11) is 0. The van der Waals surface area contributed by atoms with Gasteiger partial charge in [-0.25, -0.2) is 0 Å². The number of hydrogen-bond donors (Lipinski definition) is 1. The fraction of sp³-hybridized carbons (Fsp3) is 0.471. The number of para-hydroxylation sites is 1. The van der Waals surface area contributed by atoms with Gasteiger partial charge in [-0.15, -0.1) is 5.10 Å². The van der Waals surface area contributed by atoms with Crippen LogP contribution in [0.4, 0.5) is 0 Å². The summed E-state index contributed by atoms with van der Waals surface area (Å²) in [5.74, 6) is 0.535. The summed E-state index contributed by atoms with van der Waals surface area (Å²) in [4.78, 5) is 13.6. The number of carbonyl (C=O) groups is 1. The first-order valence-electron chi connectivity index (χ1n) is 7.85. The highest BCUT2D eigenvalue weighted by Gasteiger charge is 2.14. The summed E-state index contributed by atoms with van der Waals surface area (Å²) >= 11 is 0. The van der Waals surface area contributed by atoms with Crippen LogP contribution in [-0.4, -0.2) is 26.9 Å². The van der Waals surface area contributed by atoms with Crippen molar-refractivity contribution in [3.8, 4) is 5.69 Å². The van der Waals surface area contributed by atoms with Gasteiger partial charge >= 0.3 is 0 Å². The Balaban J connectivity index is 1.89. The topological polar surface area (TPSA) is 59.8 Å². The number of carbonyl (C=O) groups excluding carboxylic acids is 1. The highest BCUT2D eigenvalue weighted by atomic mass is 16.2. The molecular weight excluding hydrogens is 276 g/mol. The monoisotopic (exact) mass is 300 g/mol. The predicted octanol–water partition coefficient (Wildman–Crippen LogP) is 3.21. The van der Waals surface area contributed by atoms with E-state index in [9.17, 15) is 4.79 Å². The first-order chi connectivity index (χ1) is 10.6. The zero-order valence-electron chi connectivity index (χ0n) is 13.5. The Bertz CT molecular complexity index is 592. The van der Waals surface area contributed by atoms with Crippen LogP contribution in [0.2, 0.25) is 0 Å². The lowest BCUT2D eigenvalue weighted by molar-refractivity contribution is 0.0932. The molecule has 22 heavy (non-hydrogen) atoms. The molecule has 0 saturated carbocycles.